The van der Waals surface area contributed by atoms with Gasteiger partial charge in [-0.1, -0.05) is 12.1 Å². The number of halogens is 1. The van der Waals surface area contributed by atoms with Gasteiger partial charge < -0.3 is 9.84 Å². The van der Waals surface area contributed by atoms with E-state index in [2.05, 4.69) is 20.4 Å². The molecule has 2 aliphatic heterocycles. The largest absolute Gasteiger partial charge is 0.339 e. The molecule has 1 aromatic heterocycles. The summed E-state index contributed by atoms with van der Waals surface area (Å²) in [7, 11) is 0. The van der Waals surface area contributed by atoms with Crippen molar-refractivity contribution in [3.63, 3.8) is 0 Å². The zero-order valence-corrected chi connectivity index (χ0v) is 11.6. The van der Waals surface area contributed by atoms with Crippen molar-refractivity contribution in [3.8, 4) is 0 Å². The van der Waals surface area contributed by atoms with Gasteiger partial charge in [-0.05, 0) is 31.3 Å². The molecule has 18 heavy (non-hydrogen) atoms. The lowest BCUT2D eigenvalue weighted by atomic mass is 9.87. The van der Waals surface area contributed by atoms with Crippen LogP contribution >= 0.6 is 12.4 Å². The highest BCUT2D eigenvalue weighted by Gasteiger charge is 2.40. The minimum absolute atomic E-state index is 0. The molecule has 2 fully saturated rings. The van der Waals surface area contributed by atoms with E-state index in [-0.39, 0.29) is 12.4 Å². The van der Waals surface area contributed by atoms with Gasteiger partial charge in [-0.3, -0.25) is 4.90 Å². The van der Waals surface area contributed by atoms with E-state index in [4.69, 9.17) is 4.52 Å². The van der Waals surface area contributed by atoms with Crippen molar-refractivity contribution in [2.24, 2.45) is 5.41 Å². The van der Waals surface area contributed by atoms with Crippen molar-refractivity contribution < 1.29 is 4.52 Å². The van der Waals surface area contributed by atoms with E-state index in [1.54, 1.807) is 0 Å². The Morgan fingerprint density at radius 1 is 1.44 bits per heavy atom. The highest BCUT2D eigenvalue weighted by atomic mass is 35.5. The Bertz CT molecular complexity index is 389. The molecule has 0 saturated carbocycles. The summed E-state index contributed by atoms with van der Waals surface area (Å²) in [6.07, 6.45) is 3.44. The number of nitrogens with one attached hydrogen (secondary N) is 1. The van der Waals surface area contributed by atoms with Crippen LogP contribution in [0.5, 0.6) is 0 Å². The van der Waals surface area contributed by atoms with Gasteiger partial charge in [0.05, 0.1) is 6.54 Å². The highest BCUT2D eigenvalue weighted by molar-refractivity contribution is 5.85. The van der Waals surface area contributed by atoms with Crippen LogP contribution in [0, 0.1) is 5.41 Å². The molecule has 0 aromatic carbocycles. The third-order valence-electron chi connectivity index (χ3n) is 4.03. The maximum Gasteiger partial charge on any atom is 0.226 e. The van der Waals surface area contributed by atoms with Crippen LogP contribution in [0.4, 0.5) is 0 Å². The minimum Gasteiger partial charge on any atom is -0.339 e. The Balaban J connectivity index is 0.00000120. The fourth-order valence-corrected chi connectivity index (χ4v) is 3.00. The normalized spacial score (nSPS) is 27.8. The number of hydrogen-bond donors (Lipinski definition) is 1. The van der Waals surface area contributed by atoms with E-state index in [0.29, 0.717) is 5.41 Å². The van der Waals surface area contributed by atoms with Crippen LogP contribution in [-0.4, -0.2) is 41.2 Å². The van der Waals surface area contributed by atoms with E-state index in [9.17, 15) is 0 Å². The molecule has 2 aliphatic rings. The maximum absolute atomic E-state index is 5.14. The van der Waals surface area contributed by atoms with Gasteiger partial charge >= 0.3 is 0 Å². The van der Waals surface area contributed by atoms with Crippen LogP contribution in [0.1, 0.15) is 31.5 Å². The Labute approximate surface area is 114 Å². The zero-order chi connectivity index (χ0) is 11.7. The first-order valence-corrected chi connectivity index (χ1v) is 6.54. The molecule has 1 N–H and O–H groups in total. The van der Waals surface area contributed by atoms with Crippen LogP contribution < -0.4 is 5.32 Å². The molecule has 5 nitrogen and oxygen atoms in total. The fraction of sp³-hybridized carbons (Fsp3) is 0.833. The summed E-state index contributed by atoms with van der Waals surface area (Å²) in [5.41, 5.74) is 0.525. The average molecular weight is 273 g/mol. The Morgan fingerprint density at radius 2 is 2.33 bits per heavy atom. The van der Waals surface area contributed by atoms with Crippen molar-refractivity contribution in [3.05, 3.63) is 11.7 Å². The van der Waals surface area contributed by atoms with Gasteiger partial charge in [-0.15, -0.1) is 12.4 Å². The number of likely N-dealkylation sites (tertiary alicyclic amines) is 1. The zero-order valence-electron chi connectivity index (χ0n) is 10.8. The van der Waals surface area contributed by atoms with Crippen LogP contribution in [0.2, 0.25) is 0 Å². The smallest absolute Gasteiger partial charge is 0.226 e. The summed E-state index contributed by atoms with van der Waals surface area (Å²) in [4.78, 5) is 6.83. The second kappa shape index (κ2) is 5.55. The summed E-state index contributed by atoms with van der Waals surface area (Å²) in [5.74, 6) is 1.58. The maximum atomic E-state index is 5.14. The van der Waals surface area contributed by atoms with Crippen molar-refractivity contribution in [1.29, 1.82) is 0 Å². The second-order valence-corrected chi connectivity index (χ2v) is 5.35. The summed E-state index contributed by atoms with van der Waals surface area (Å²) < 4.78 is 5.14. The summed E-state index contributed by atoms with van der Waals surface area (Å²) >= 11 is 0. The standard InChI is InChI=1S/C12H20N4O.ClH/c1-2-11-14-10(15-17-11)7-16-6-4-12(9-16)3-5-13-8-12;/h13H,2-9H2,1H3;1H. The Kier molecular flexibility index (Phi) is 4.25. The monoisotopic (exact) mass is 272 g/mol. The molecule has 6 heteroatoms. The average Bonchev–Trinajstić information content (AvgIpc) is 3.03. The van der Waals surface area contributed by atoms with E-state index in [1.165, 1.54) is 32.5 Å². The highest BCUT2D eigenvalue weighted by Crippen LogP contribution is 2.36. The fourth-order valence-electron chi connectivity index (χ4n) is 3.00. The SMILES string of the molecule is CCc1nc(CN2CCC3(CCNC3)C2)no1.Cl. The first-order valence-electron chi connectivity index (χ1n) is 6.54. The van der Waals surface area contributed by atoms with Gasteiger partial charge in [-0.25, -0.2) is 0 Å². The number of hydrogen-bond acceptors (Lipinski definition) is 5. The van der Waals surface area contributed by atoms with E-state index in [1.807, 2.05) is 6.92 Å². The van der Waals surface area contributed by atoms with E-state index < -0.39 is 0 Å². The van der Waals surface area contributed by atoms with Crippen molar-refractivity contribution in [1.82, 2.24) is 20.4 Å². The van der Waals surface area contributed by atoms with Crippen LogP contribution in [0.25, 0.3) is 0 Å². The number of aromatic nitrogens is 2. The topological polar surface area (TPSA) is 54.2 Å². The summed E-state index contributed by atoms with van der Waals surface area (Å²) in [6, 6.07) is 0. The lowest BCUT2D eigenvalue weighted by molar-refractivity contribution is 0.260. The molecule has 1 spiro atoms. The van der Waals surface area contributed by atoms with Gasteiger partial charge in [0.15, 0.2) is 5.82 Å². The molecule has 1 atom stereocenters. The van der Waals surface area contributed by atoms with Crippen molar-refractivity contribution in [2.45, 2.75) is 32.7 Å². The summed E-state index contributed by atoms with van der Waals surface area (Å²) in [5, 5.41) is 7.50. The number of aryl methyl sites for hydroxylation is 1. The number of nitrogens with zero attached hydrogens (tertiary/aromatic N) is 3. The molecular weight excluding hydrogens is 252 g/mol. The quantitative estimate of drug-likeness (QED) is 0.897. The van der Waals surface area contributed by atoms with Crippen LogP contribution in [-0.2, 0) is 13.0 Å². The first-order chi connectivity index (χ1) is 8.30. The molecule has 1 unspecified atom stereocenters. The van der Waals surface area contributed by atoms with E-state index >= 15 is 0 Å². The van der Waals surface area contributed by atoms with Crippen molar-refractivity contribution >= 4 is 12.4 Å². The van der Waals surface area contributed by atoms with E-state index in [0.717, 1.165) is 31.2 Å². The number of rotatable bonds is 3. The van der Waals surface area contributed by atoms with Gasteiger partial charge in [0, 0.05) is 19.5 Å². The summed E-state index contributed by atoms with van der Waals surface area (Å²) in [6.45, 7) is 7.57. The molecule has 0 radical (unpaired) electrons. The molecule has 3 rings (SSSR count). The lowest BCUT2D eigenvalue weighted by Gasteiger charge is -2.21. The van der Waals surface area contributed by atoms with Gasteiger partial charge in [0.1, 0.15) is 0 Å². The molecule has 1 aromatic rings. The minimum atomic E-state index is 0. The third-order valence-corrected chi connectivity index (χ3v) is 4.03. The predicted octanol–water partition coefficient (Wildman–Crippen LogP) is 1.24. The second-order valence-electron chi connectivity index (χ2n) is 5.35. The van der Waals surface area contributed by atoms with Crippen LogP contribution in [0.3, 0.4) is 0 Å². The molecule has 3 heterocycles. The van der Waals surface area contributed by atoms with Crippen LogP contribution in [0.15, 0.2) is 4.52 Å². The molecule has 102 valence electrons. The Morgan fingerprint density at radius 3 is 3.00 bits per heavy atom. The molecule has 0 aliphatic carbocycles. The third kappa shape index (κ3) is 2.68. The molecular formula is C12H21ClN4O. The van der Waals surface area contributed by atoms with Gasteiger partial charge in [-0.2, -0.15) is 4.98 Å². The Hall–Kier alpha value is -0.650. The molecule has 0 bridgehead atoms. The van der Waals surface area contributed by atoms with Gasteiger partial charge in [0.25, 0.3) is 0 Å². The van der Waals surface area contributed by atoms with Gasteiger partial charge in [0.2, 0.25) is 5.89 Å². The lowest BCUT2D eigenvalue weighted by Crippen LogP contribution is -2.29. The molecule has 0 amide bonds. The predicted molar refractivity (Wildman–Crippen MR) is 70.7 cm³/mol. The first kappa shape index (κ1) is 13.8. The van der Waals surface area contributed by atoms with Crippen molar-refractivity contribution in [2.75, 3.05) is 26.2 Å². The molecule has 2 saturated heterocycles.